The van der Waals surface area contributed by atoms with Crippen molar-refractivity contribution in [2.24, 2.45) is 15.4 Å². The van der Waals surface area contributed by atoms with Crippen LogP contribution in [0.3, 0.4) is 0 Å². The molecule has 0 fully saturated rings. The molecule has 0 atom stereocenters. The molecule has 1 heterocycles. The van der Waals surface area contributed by atoms with Crippen LogP contribution in [0.15, 0.2) is 51.6 Å². The Labute approximate surface area is 176 Å². The minimum atomic E-state index is -0.261. The molecule has 3 rings (SSSR count). The number of aliphatic hydroxyl groups is 1. The molecule has 0 amide bonds. The Balaban J connectivity index is 1.96. The van der Waals surface area contributed by atoms with Crippen molar-refractivity contribution in [3.05, 3.63) is 58.6 Å². The van der Waals surface area contributed by atoms with E-state index in [1.807, 2.05) is 65.0 Å². The molecule has 30 heavy (non-hydrogen) atoms. The van der Waals surface area contributed by atoms with E-state index in [4.69, 9.17) is 0 Å². The van der Waals surface area contributed by atoms with Crippen molar-refractivity contribution in [2.45, 2.75) is 47.5 Å². The zero-order valence-corrected chi connectivity index (χ0v) is 18.0. The first kappa shape index (κ1) is 21.4. The van der Waals surface area contributed by atoms with E-state index in [0.717, 1.165) is 22.6 Å². The van der Waals surface area contributed by atoms with Crippen LogP contribution in [0.2, 0.25) is 0 Å². The number of Topliss-reactive ketones (excluding diaryl/α,β-unsaturated/α-hetero) is 1. The van der Waals surface area contributed by atoms with Gasteiger partial charge in [0.25, 0.3) is 5.95 Å². The Hall–Kier alpha value is -3.35. The average molecular weight is 406 g/mol. The van der Waals surface area contributed by atoms with Crippen molar-refractivity contribution in [3.8, 4) is 0 Å². The van der Waals surface area contributed by atoms with Crippen LogP contribution in [0.25, 0.3) is 0 Å². The summed E-state index contributed by atoms with van der Waals surface area (Å²) in [4.78, 5) is 29.9. The summed E-state index contributed by atoms with van der Waals surface area (Å²) in [7, 11) is 0. The van der Waals surface area contributed by atoms with E-state index in [9.17, 15) is 9.90 Å². The SMILES string of the molecule is Cc1ccc(NC(N=CC2=C(O)CC(C)(C)CC2=O)=Nc2nc(C)cc(C)n2)cc1. The van der Waals surface area contributed by atoms with E-state index in [0.29, 0.717) is 12.8 Å². The van der Waals surface area contributed by atoms with Crippen LogP contribution >= 0.6 is 0 Å². The van der Waals surface area contributed by atoms with E-state index >= 15 is 0 Å². The summed E-state index contributed by atoms with van der Waals surface area (Å²) in [5, 5.41) is 13.5. The summed E-state index contributed by atoms with van der Waals surface area (Å²) in [6.45, 7) is 9.66. The van der Waals surface area contributed by atoms with Gasteiger partial charge >= 0.3 is 0 Å². The smallest absolute Gasteiger partial charge is 0.253 e. The molecule has 0 saturated carbocycles. The van der Waals surface area contributed by atoms with Crippen molar-refractivity contribution in [1.82, 2.24) is 9.97 Å². The van der Waals surface area contributed by atoms with Crippen LogP contribution in [0.1, 0.15) is 43.6 Å². The van der Waals surface area contributed by atoms with Crippen LogP contribution in [0.5, 0.6) is 0 Å². The third-order valence-corrected chi connectivity index (χ3v) is 4.70. The minimum Gasteiger partial charge on any atom is -0.511 e. The van der Waals surface area contributed by atoms with Crippen LogP contribution in [-0.2, 0) is 4.79 Å². The fourth-order valence-electron chi connectivity index (χ4n) is 3.28. The van der Waals surface area contributed by atoms with Gasteiger partial charge < -0.3 is 10.4 Å². The molecule has 7 nitrogen and oxygen atoms in total. The second-order valence-corrected chi connectivity index (χ2v) is 8.44. The molecule has 0 bridgehead atoms. The van der Waals surface area contributed by atoms with Gasteiger partial charge in [-0.25, -0.2) is 15.0 Å². The van der Waals surface area contributed by atoms with E-state index in [1.54, 1.807) is 0 Å². The molecular weight excluding hydrogens is 378 g/mol. The maximum absolute atomic E-state index is 12.5. The molecule has 1 aromatic carbocycles. The van der Waals surface area contributed by atoms with Gasteiger partial charge in [0.1, 0.15) is 5.76 Å². The number of benzene rings is 1. The normalized spacial score (nSPS) is 17.0. The molecular formula is C23H27N5O2. The maximum Gasteiger partial charge on any atom is 0.253 e. The predicted molar refractivity (Wildman–Crippen MR) is 120 cm³/mol. The average Bonchev–Trinajstić information content (AvgIpc) is 2.61. The van der Waals surface area contributed by atoms with Gasteiger partial charge in [-0.15, -0.1) is 0 Å². The topological polar surface area (TPSA) is 99.8 Å². The Morgan fingerprint density at radius 1 is 1.10 bits per heavy atom. The molecule has 0 aliphatic heterocycles. The number of carbonyl (C=O) groups excluding carboxylic acids is 1. The summed E-state index contributed by atoms with van der Waals surface area (Å²) in [6, 6.07) is 9.62. The molecule has 2 aromatic rings. The van der Waals surface area contributed by atoms with Crippen molar-refractivity contribution in [1.29, 1.82) is 0 Å². The fourth-order valence-corrected chi connectivity index (χ4v) is 3.28. The number of allylic oxidation sites excluding steroid dienone is 2. The first-order valence-corrected chi connectivity index (χ1v) is 9.85. The largest absolute Gasteiger partial charge is 0.511 e. The third kappa shape index (κ3) is 5.59. The standard InChI is InChI=1S/C23H27N5O2/c1-14-6-8-17(9-7-14)27-21(28-22-25-15(2)10-16(3)26-22)24-13-18-19(29)11-23(4,5)12-20(18)30/h6-10,13,29H,11-12H2,1-5H3,(H,25,26,27,28). The number of rotatable bonds is 3. The number of aliphatic imine (C=N–C) groups is 2. The number of anilines is 1. The monoisotopic (exact) mass is 405 g/mol. The van der Waals surface area contributed by atoms with Crippen LogP contribution in [0, 0.1) is 26.2 Å². The van der Waals surface area contributed by atoms with Gasteiger partial charge in [0.15, 0.2) is 5.78 Å². The molecule has 0 radical (unpaired) electrons. The lowest BCUT2D eigenvalue weighted by molar-refractivity contribution is -0.117. The molecule has 2 N–H and O–H groups in total. The van der Waals surface area contributed by atoms with E-state index < -0.39 is 0 Å². The van der Waals surface area contributed by atoms with Crippen molar-refractivity contribution in [3.63, 3.8) is 0 Å². The lowest BCUT2D eigenvalue weighted by Gasteiger charge is -2.28. The number of hydrogen-bond acceptors (Lipinski definition) is 5. The zero-order valence-electron chi connectivity index (χ0n) is 18.0. The first-order chi connectivity index (χ1) is 14.1. The summed E-state index contributed by atoms with van der Waals surface area (Å²) in [6.07, 6.45) is 2.16. The number of guanidine groups is 1. The molecule has 1 aliphatic carbocycles. The highest BCUT2D eigenvalue weighted by Gasteiger charge is 2.32. The van der Waals surface area contributed by atoms with Gasteiger partial charge in [0.2, 0.25) is 5.96 Å². The summed E-state index contributed by atoms with van der Waals surface area (Å²) in [5.41, 5.74) is 3.47. The molecule has 7 heteroatoms. The number of hydrogen-bond donors (Lipinski definition) is 2. The Kier molecular flexibility index (Phi) is 6.10. The number of carbonyl (C=O) groups is 1. The highest BCUT2D eigenvalue weighted by molar-refractivity contribution is 6.17. The fraction of sp³-hybridized carbons (Fsp3) is 0.348. The molecule has 0 unspecified atom stereocenters. The Morgan fingerprint density at radius 3 is 2.33 bits per heavy atom. The highest BCUT2D eigenvalue weighted by atomic mass is 16.3. The molecule has 0 spiro atoms. The van der Waals surface area contributed by atoms with E-state index in [1.165, 1.54) is 6.21 Å². The van der Waals surface area contributed by atoms with E-state index in [2.05, 4.69) is 25.3 Å². The number of nitrogens with one attached hydrogen (secondary N) is 1. The summed E-state index contributed by atoms with van der Waals surface area (Å²) < 4.78 is 0. The Bertz CT molecular complexity index is 1030. The van der Waals surface area contributed by atoms with Gasteiger partial charge in [0.05, 0.1) is 5.57 Å². The number of aryl methyl sites for hydroxylation is 3. The molecule has 1 aliphatic rings. The number of aromatic nitrogens is 2. The number of aliphatic hydroxyl groups excluding tert-OH is 1. The second kappa shape index (κ2) is 8.57. The van der Waals surface area contributed by atoms with Crippen molar-refractivity contribution >= 4 is 29.6 Å². The predicted octanol–water partition coefficient (Wildman–Crippen LogP) is 4.77. The summed E-state index contributed by atoms with van der Waals surface area (Å²) >= 11 is 0. The van der Waals surface area contributed by atoms with Gasteiger partial charge in [-0.2, -0.15) is 4.99 Å². The molecule has 1 aromatic heterocycles. The van der Waals surface area contributed by atoms with Crippen LogP contribution < -0.4 is 5.32 Å². The van der Waals surface area contributed by atoms with Gasteiger partial charge in [-0.1, -0.05) is 31.5 Å². The molecule has 0 saturated heterocycles. The van der Waals surface area contributed by atoms with Gasteiger partial charge in [-0.05, 0) is 44.4 Å². The quantitative estimate of drug-likeness (QED) is 0.566. The second-order valence-electron chi connectivity index (χ2n) is 8.44. The number of nitrogens with zero attached hydrogens (tertiary/aromatic N) is 4. The number of ketones is 1. The third-order valence-electron chi connectivity index (χ3n) is 4.70. The van der Waals surface area contributed by atoms with Crippen LogP contribution in [-0.4, -0.2) is 33.0 Å². The van der Waals surface area contributed by atoms with Crippen molar-refractivity contribution in [2.75, 3.05) is 5.32 Å². The first-order valence-electron chi connectivity index (χ1n) is 9.85. The van der Waals surface area contributed by atoms with Gasteiger partial charge in [0, 0.05) is 36.1 Å². The molecule has 156 valence electrons. The summed E-state index contributed by atoms with van der Waals surface area (Å²) in [5.74, 6) is 0.414. The Morgan fingerprint density at radius 2 is 1.73 bits per heavy atom. The van der Waals surface area contributed by atoms with Gasteiger partial charge in [-0.3, -0.25) is 4.79 Å². The zero-order chi connectivity index (χ0) is 21.9. The minimum absolute atomic E-state index is 0.0531. The highest BCUT2D eigenvalue weighted by Crippen LogP contribution is 2.35. The van der Waals surface area contributed by atoms with E-state index in [-0.39, 0.29) is 34.4 Å². The van der Waals surface area contributed by atoms with Crippen LogP contribution in [0.4, 0.5) is 11.6 Å². The van der Waals surface area contributed by atoms with Crippen molar-refractivity contribution < 1.29 is 9.90 Å². The lowest BCUT2D eigenvalue weighted by atomic mass is 9.77. The lowest BCUT2D eigenvalue weighted by Crippen LogP contribution is -2.26. The maximum atomic E-state index is 12.5.